The van der Waals surface area contributed by atoms with Gasteiger partial charge >= 0.3 is 0 Å². The molecule has 8 heteroatoms. The van der Waals surface area contributed by atoms with Crippen LogP contribution in [-0.4, -0.2) is 44.9 Å². The number of amides is 1. The lowest BCUT2D eigenvalue weighted by atomic mass is 10.1. The number of carbonyl (C=O) groups is 1. The number of nitrogens with zero attached hydrogens (tertiary/aromatic N) is 1. The summed E-state index contributed by atoms with van der Waals surface area (Å²) in [6, 6.07) is 10.1. The number of carbonyl (C=O) groups excluding carboxylic acids is 1. The second-order valence-electron chi connectivity index (χ2n) is 6.95. The van der Waals surface area contributed by atoms with Crippen LogP contribution in [0, 0.1) is 0 Å². The molecule has 1 heterocycles. The minimum absolute atomic E-state index is 0.0536. The van der Waals surface area contributed by atoms with E-state index < -0.39 is 15.9 Å². The van der Waals surface area contributed by atoms with Crippen molar-refractivity contribution >= 4 is 33.2 Å². The Labute approximate surface area is 169 Å². The Kier molecular flexibility index (Phi) is 5.42. The van der Waals surface area contributed by atoms with Gasteiger partial charge in [0.1, 0.15) is 0 Å². The number of hydrogen-bond acceptors (Lipinski definition) is 4. The van der Waals surface area contributed by atoms with E-state index in [1.165, 1.54) is 33.6 Å². The highest BCUT2D eigenvalue weighted by Gasteiger charge is 2.27. The van der Waals surface area contributed by atoms with Gasteiger partial charge in [-0.2, -0.15) is 4.31 Å². The van der Waals surface area contributed by atoms with Gasteiger partial charge in [0, 0.05) is 18.8 Å². The normalized spacial score (nSPS) is 17.3. The highest BCUT2D eigenvalue weighted by Crippen LogP contribution is 2.27. The average molecular weight is 421 g/mol. The summed E-state index contributed by atoms with van der Waals surface area (Å²) in [5.74, 6) is -0.429. The average Bonchev–Trinajstić information content (AvgIpc) is 3.16. The van der Waals surface area contributed by atoms with Crippen molar-refractivity contribution in [2.45, 2.75) is 24.2 Å². The Balaban J connectivity index is 1.59. The number of halogens is 1. The number of hydrogen-bond donors (Lipinski definition) is 1. The third-order valence-electron chi connectivity index (χ3n) is 5.15. The van der Waals surface area contributed by atoms with Crippen molar-refractivity contribution < 1.29 is 17.9 Å². The summed E-state index contributed by atoms with van der Waals surface area (Å²) in [5.41, 5.74) is 3.38. The molecule has 2 aliphatic rings. The molecule has 148 valence electrons. The lowest BCUT2D eigenvalue weighted by molar-refractivity contribution is 0.0730. The fourth-order valence-corrected chi connectivity index (χ4v) is 5.26. The number of sulfonamides is 1. The van der Waals surface area contributed by atoms with Crippen LogP contribution in [-0.2, 0) is 27.6 Å². The van der Waals surface area contributed by atoms with Crippen LogP contribution >= 0.6 is 11.6 Å². The fraction of sp³-hybridized carbons (Fsp3) is 0.350. The van der Waals surface area contributed by atoms with Crippen LogP contribution in [0.3, 0.4) is 0 Å². The second-order valence-corrected chi connectivity index (χ2v) is 9.29. The number of fused-ring (bicyclic) bond motifs is 1. The Bertz CT molecular complexity index is 1020. The third-order valence-corrected chi connectivity index (χ3v) is 7.37. The first-order valence-electron chi connectivity index (χ1n) is 9.26. The zero-order chi connectivity index (χ0) is 19.7. The molecule has 4 rings (SSSR count). The van der Waals surface area contributed by atoms with Crippen molar-refractivity contribution in [3.63, 3.8) is 0 Å². The maximum absolute atomic E-state index is 12.9. The molecule has 0 aromatic heterocycles. The van der Waals surface area contributed by atoms with E-state index in [0.717, 1.165) is 19.3 Å². The van der Waals surface area contributed by atoms with Crippen LogP contribution in [0.4, 0.5) is 5.69 Å². The summed E-state index contributed by atoms with van der Waals surface area (Å²) in [5, 5.41) is 3.04. The first kappa shape index (κ1) is 19.4. The predicted octanol–water partition coefficient (Wildman–Crippen LogP) is 3.10. The molecule has 0 spiro atoms. The maximum Gasteiger partial charge on any atom is 0.257 e. The van der Waals surface area contributed by atoms with Crippen LogP contribution in [0.25, 0.3) is 0 Å². The number of ether oxygens (including phenoxy) is 1. The minimum atomic E-state index is -3.70. The highest BCUT2D eigenvalue weighted by atomic mass is 35.5. The molecule has 2 aromatic rings. The van der Waals surface area contributed by atoms with Crippen LogP contribution < -0.4 is 5.32 Å². The smallest absolute Gasteiger partial charge is 0.257 e. The molecule has 0 unspecified atom stereocenters. The maximum atomic E-state index is 12.9. The third kappa shape index (κ3) is 3.80. The molecule has 1 amide bonds. The largest absolute Gasteiger partial charge is 0.379 e. The molecule has 0 saturated carbocycles. The zero-order valence-corrected chi connectivity index (χ0v) is 16.9. The predicted molar refractivity (Wildman–Crippen MR) is 107 cm³/mol. The van der Waals surface area contributed by atoms with E-state index in [2.05, 4.69) is 5.32 Å². The highest BCUT2D eigenvalue weighted by molar-refractivity contribution is 7.89. The second kappa shape index (κ2) is 7.83. The first-order chi connectivity index (χ1) is 13.4. The van der Waals surface area contributed by atoms with E-state index in [0.29, 0.717) is 32.0 Å². The van der Waals surface area contributed by atoms with E-state index in [-0.39, 0.29) is 15.5 Å². The van der Waals surface area contributed by atoms with Crippen LogP contribution in [0.5, 0.6) is 0 Å². The molecule has 0 atom stereocenters. The summed E-state index contributed by atoms with van der Waals surface area (Å²) in [7, 11) is -3.70. The molecule has 0 radical (unpaired) electrons. The molecular weight excluding hydrogens is 400 g/mol. The number of aryl methyl sites for hydroxylation is 2. The standard InChI is InChI=1S/C20H21ClN2O4S/c21-19-7-6-17(28(25,26)23-8-10-27-11-9-23)13-18(19)20(24)22-16-5-4-14-2-1-3-15(14)12-16/h4-7,12-13H,1-3,8-11H2,(H,22,24). The minimum Gasteiger partial charge on any atom is -0.379 e. The van der Waals surface area contributed by atoms with Gasteiger partial charge in [0.05, 0.1) is 28.7 Å². The molecule has 1 fully saturated rings. The van der Waals surface area contributed by atoms with Gasteiger partial charge in [-0.1, -0.05) is 17.7 Å². The van der Waals surface area contributed by atoms with Crippen molar-refractivity contribution in [2.24, 2.45) is 0 Å². The summed E-state index contributed by atoms with van der Waals surface area (Å²) >= 11 is 6.20. The van der Waals surface area contributed by atoms with Gasteiger partial charge in [0.15, 0.2) is 0 Å². The monoisotopic (exact) mass is 420 g/mol. The topological polar surface area (TPSA) is 75.7 Å². The van der Waals surface area contributed by atoms with E-state index >= 15 is 0 Å². The van der Waals surface area contributed by atoms with Gasteiger partial charge in [0.25, 0.3) is 5.91 Å². The number of morpholine rings is 1. The zero-order valence-electron chi connectivity index (χ0n) is 15.3. The van der Waals surface area contributed by atoms with Crippen LogP contribution in [0.15, 0.2) is 41.3 Å². The first-order valence-corrected chi connectivity index (χ1v) is 11.1. The van der Waals surface area contributed by atoms with Gasteiger partial charge < -0.3 is 10.1 Å². The summed E-state index contributed by atoms with van der Waals surface area (Å²) in [4.78, 5) is 12.8. The lowest BCUT2D eigenvalue weighted by Crippen LogP contribution is -2.40. The van der Waals surface area contributed by atoms with Crippen molar-refractivity contribution in [1.82, 2.24) is 4.31 Å². The number of benzene rings is 2. The number of rotatable bonds is 4. The van der Waals surface area contributed by atoms with Gasteiger partial charge in [-0.25, -0.2) is 8.42 Å². The quantitative estimate of drug-likeness (QED) is 0.824. The SMILES string of the molecule is O=C(Nc1ccc2c(c1)CCC2)c1cc(S(=O)(=O)N2CCOCC2)ccc1Cl. The Morgan fingerprint density at radius 1 is 1.04 bits per heavy atom. The van der Waals surface area contributed by atoms with Crippen molar-refractivity contribution in [1.29, 1.82) is 0 Å². The molecular formula is C20H21ClN2O4S. The number of nitrogens with one attached hydrogen (secondary N) is 1. The van der Waals surface area contributed by atoms with Crippen molar-refractivity contribution in [3.8, 4) is 0 Å². The van der Waals surface area contributed by atoms with Gasteiger partial charge in [-0.05, 0) is 60.7 Å². The van der Waals surface area contributed by atoms with Crippen LogP contribution in [0.2, 0.25) is 5.02 Å². The molecule has 28 heavy (non-hydrogen) atoms. The van der Waals surface area contributed by atoms with E-state index in [1.54, 1.807) is 0 Å². The van der Waals surface area contributed by atoms with E-state index in [9.17, 15) is 13.2 Å². The summed E-state index contributed by atoms with van der Waals surface area (Å²) in [6.07, 6.45) is 3.20. The van der Waals surface area contributed by atoms with Gasteiger partial charge in [0.2, 0.25) is 10.0 Å². The Hall–Kier alpha value is -1.93. The van der Waals surface area contributed by atoms with Gasteiger partial charge in [-0.3, -0.25) is 4.79 Å². The molecule has 6 nitrogen and oxygen atoms in total. The molecule has 1 aliphatic heterocycles. The lowest BCUT2D eigenvalue weighted by Gasteiger charge is -2.26. The van der Waals surface area contributed by atoms with E-state index in [1.807, 2.05) is 18.2 Å². The molecule has 1 N–H and O–H groups in total. The van der Waals surface area contributed by atoms with Crippen molar-refractivity contribution in [2.75, 3.05) is 31.6 Å². The fourth-order valence-electron chi connectivity index (χ4n) is 3.62. The molecule has 1 aliphatic carbocycles. The van der Waals surface area contributed by atoms with Crippen LogP contribution in [0.1, 0.15) is 27.9 Å². The van der Waals surface area contributed by atoms with Crippen molar-refractivity contribution in [3.05, 3.63) is 58.1 Å². The summed E-state index contributed by atoms with van der Waals surface area (Å²) < 4.78 is 32.3. The molecule has 0 bridgehead atoms. The molecule has 1 saturated heterocycles. The Morgan fingerprint density at radius 3 is 2.57 bits per heavy atom. The van der Waals surface area contributed by atoms with Gasteiger partial charge in [-0.15, -0.1) is 0 Å². The Morgan fingerprint density at radius 2 is 1.79 bits per heavy atom. The van der Waals surface area contributed by atoms with E-state index in [4.69, 9.17) is 16.3 Å². The number of anilines is 1. The molecule has 2 aromatic carbocycles. The summed E-state index contributed by atoms with van der Waals surface area (Å²) in [6.45, 7) is 1.31.